The molecule has 74 valence electrons. The number of nitrogens with zero attached hydrogens (tertiary/aromatic N) is 1. The Kier molecular flexibility index (Phi) is 2.17. The highest BCUT2D eigenvalue weighted by Gasteiger charge is 2.34. The molecule has 0 spiro atoms. The number of carbonyl (C=O) groups excluding carboxylic acids is 1. The molecule has 14 heavy (non-hydrogen) atoms. The minimum Gasteiger partial charge on any atom is -0.318 e. The molecule has 1 aliphatic rings. The Labute approximate surface area is 85.3 Å². The summed E-state index contributed by atoms with van der Waals surface area (Å²) in [6.07, 6.45) is 0. The molecule has 0 aliphatic carbocycles. The van der Waals surface area contributed by atoms with E-state index in [4.69, 9.17) is 17.3 Å². The molecule has 0 aromatic heterocycles. The Morgan fingerprint density at radius 1 is 1.57 bits per heavy atom. The average molecular weight is 215 g/mol. The molecule has 1 atom stereocenters. The van der Waals surface area contributed by atoms with Gasteiger partial charge in [0.1, 0.15) is 11.9 Å². The molecule has 5 heteroatoms. The van der Waals surface area contributed by atoms with E-state index in [1.165, 1.54) is 23.1 Å². The van der Waals surface area contributed by atoms with Crippen molar-refractivity contribution >= 4 is 23.2 Å². The zero-order valence-electron chi connectivity index (χ0n) is 7.21. The molecule has 2 N–H and O–H groups in total. The Bertz CT molecular complexity index is 396. The van der Waals surface area contributed by atoms with Crippen LogP contribution in [0.1, 0.15) is 0 Å². The fourth-order valence-electron chi connectivity index (χ4n) is 1.34. The lowest BCUT2D eigenvalue weighted by atomic mass is 10.1. The van der Waals surface area contributed by atoms with Gasteiger partial charge in [-0.15, -0.1) is 0 Å². The van der Waals surface area contributed by atoms with Gasteiger partial charge in [-0.3, -0.25) is 4.79 Å². The highest BCUT2D eigenvalue weighted by Crippen LogP contribution is 2.26. The Morgan fingerprint density at radius 2 is 2.29 bits per heavy atom. The largest absolute Gasteiger partial charge is 0.318 e. The molecule has 0 radical (unpaired) electrons. The van der Waals surface area contributed by atoms with Gasteiger partial charge < -0.3 is 10.6 Å². The molecule has 1 unspecified atom stereocenters. The lowest BCUT2D eigenvalue weighted by Crippen LogP contribution is -2.61. The Balaban J connectivity index is 2.26. The topological polar surface area (TPSA) is 46.3 Å². The maximum Gasteiger partial charge on any atom is 0.245 e. The van der Waals surface area contributed by atoms with Gasteiger partial charge in [0, 0.05) is 5.69 Å². The summed E-state index contributed by atoms with van der Waals surface area (Å²) in [6.45, 7) is 0.459. The van der Waals surface area contributed by atoms with E-state index < -0.39 is 11.9 Å². The van der Waals surface area contributed by atoms with Crippen LogP contribution in [0.2, 0.25) is 5.02 Å². The number of anilines is 1. The third-order valence-electron chi connectivity index (χ3n) is 2.18. The third-order valence-corrected chi connectivity index (χ3v) is 2.47. The summed E-state index contributed by atoms with van der Waals surface area (Å²) in [6, 6.07) is 3.72. The van der Waals surface area contributed by atoms with E-state index in [1.54, 1.807) is 0 Å². The molecular formula is C9H8ClFN2O. The van der Waals surface area contributed by atoms with Crippen molar-refractivity contribution in [2.45, 2.75) is 6.04 Å². The van der Waals surface area contributed by atoms with Gasteiger partial charge in [-0.2, -0.15) is 0 Å². The van der Waals surface area contributed by atoms with Crippen LogP contribution in [0, 0.1) is 5.82 Å². The van der Waals surface area contributed by atoms with Gasteiger partial charge in [-0.25, -0.2) is 4.39 Å². The molecule has 1 aliphatic heterocycles. The van der Waals surface area contributed by atoms with Crippen molar-refractivity contribution in [2.24, 2.45) is 5.73 Å². The second-order valence-electron chi connectivity index (χ2n) is 3.15. The van der Waals surface area contributed by atoms with Crippen molar-refractivity contribution in [1.82, 2.24) is 0 Å². The SMILES string of the molecule is NC1CN(c2ccc(F)c(Cl)c2)C1=O. The number of hydrogen-bond donors (Lipinski definition) is 1. The van der Waals surface area contributed by atoms with Gasteiger partial charge >= 0.3 is 0 Å². The molecule has 2 rings (SSSR count). The van der Waals surface area contributed by atoms with Crippen LogP contribution in [0.3, 0.4) is 0 Å². The minimum absolute atomic E-state index is 0.00997. The van der Waals surface area contributed by atoms with Crippen molar-refractivity contribution in [3.63, 3.8) is 0 Å². The maximum absolute atomic E-state index is 12.8. The predicted molar refractivity (Wildman–Crippen MR) is 51.7 cm³/mol. The number of nitrogens with two attached hydrogens (primary N) is 1. The van der Waals surface area contributed by atoms with Crippen LogP contribution >= 0.6 is 11.6 Å². The first-order chi connectivity index (χ1) is 6.59. The van der Waals surface area contributed by atoms with Crippen LogP contribution in [-0.2, 0) is 4.79 Å². The Morgan fingerprint density at radius 3 is 2.79 bits per heavy atom. The van der Waals surface area contributed by atoms with E-state index in [1.807, 2.05) is 0 Å². The van der Waals surface area contributed by atoms with Crippen LogP contribution in [0.5, 0.6) is 0 Å². The summed E-state index contributed by atoms with van der Waals surface area (Å²) in [7, 11) is 0. The van der Waals surface area contributed by atoms with Gasteiger partial charge in [0.2, 0.25) is 5.91 Å². The fourth-order valence-corrected chi connectivity index (χ4v) is 1.51. The fraction of sp³-hybridized carbons (Fsp3) is 0.222. The first-order valence-electron chi connectivity index (χ1n) is 4.11. The first-order valence-corrected chi connectivity index (χ1v) is 4.49. The van der Waals surface area contributed by atoms with Gasteiger partial charge in [0.05, 0.1) is 11.6 Å². The van der Waals surface area contributed by atoms with Crippen molar-refractivity contribution in [3.8, 4) is 0 Å². The molecule has 1 amide bonds. The molecule has 1 heterocycles. The summed E-state index contributed by atoms with van der Waals surface area (Å²) in [5.41, 5.74) is 6.01. The zero-order valence-corrected chi connectivity index (χ0v) is 7.96. The average Bonchev–Trinajstić information content (AvgIpc) is 2.18. The molecule has 0 bridgehead atoms. The predicted octanol–water partition coefficient (Wildman–Crippen LogP) is 1.15. The molecule has 1 fully saturated rings. The maximum atomic E-state index is 12.8. The highest BCUT2D eigenvalue weighted by atomic mass is 35.5. The summed E-state index contributed by atoms with van der Waals surface area (Å²) in [5.74, 6) is -0.652. The van der Waals surface area contributed by atoms with Crippen molar-refractivity contribution < 1.29 is 9.18 Å². The number of β-lactam (4-membered cyclic amide) rings is 1. The van der Waals surface area contributed by atoms with Crippen LogP contribution in [0.25, 0.3) is 0 Å². The van der Waals surface area contributed by atoms with E-state index >= 15 is 0 Å². The highest BCUT2D eigenvalue weighted by molar-refractivity contribution is 6.31. The molecule has 0 saturated carbocycles. The van der Waals surface area contributed by atoms with E-state index in [0.717, 1.165) is 0 Å². The summed E-state index contributed by atoms with van der Waals surface area (Å²) >= 11 is 5.58. The summed E-state index contributed by atoms with van der Waals surface area (Å²) in [5, 5.41) is 0.00997. The smallest absolute Gasteiger partial charge is 0.245 e. The van der Waals surface area contributed by atoms with Crippen molar-refractivity contribution in [3.05, 3.63) is 29.0 Å². The lowest BCUT2D eigenvalue weighted by molar-refractivity contribution is -0.123. The number of halogens is 2. The van der Waals surface area contributed by atoms with E-state index in [9.17, 15) is 9.18 Å². The molecule has 1 saturated heterocycles. The number of rotatable bonds is 1. The minimum atomic E-state index is -0.493. The molecule has 1 aromatic carbocycles. The van der Waals surface area contributed by atoms with Crippen molar-refractivity contribution in [1.29, 1.82) is 0 Å². The third kappa shape index (κ3) is 1.36. The Hall–Kier alpha value is -1.13. The number of benzene rings is 1. The van der Waals surface area contributed by atoms with Gasteiger partial charge in [-0.1, -0.05) is 11.6 Å². The quantitative estimate of drug-likeness (QED) is 0.713. The van der Waals surface area contributed by atoms with Crippen LogP contribution in [-0.4, -0.2) is 18.5 Å². The normalized spacial score (nSPS) is 20.9. The van der Waals surface area contributed by atoms with Gasteiger partial charge in [0.15, 0.2) is 0 Å². The second-order valence-corrected chi connectivity index (χ2v) is 3.56. The lowest BCUT2D eigenvalue weighted by Gasteiger charge is -2.36. The summed E-state index contributed by atoms with van der Waals surface area (Å²) < 4.78 is 12.8. The number of carbonyl (C=O) groups is 1. The zero-order chi connectivity index (χ0) is 10.3. The van der Waals surface area contributed by atoms with Crippen LogP contribution in [0.15, 0.2) is 18.2 Å². The van der Waals surface area contributed by atoms with Crippen LogP contribution < -0.4 is 10.6 Å². The molecular weight excluding hydrogens is 207 g/mol. The summed E-state index contributed by atoms with van der Waals surface area (Å²) in [4.78, 5) is 12.7. The van der Waals surface area contributed by atoms with Crippen molar-refractivity contribution in [2.75, 3.05) is 11.4 Å². The standard InChI is InChI=1S/C9H8ClFN2O/c10-6-3-5(1-2-7(6)11)13-4-8(12)9(13)14/h1-3,8H,4,12H2. The second kappa shape index (κ2) is 3.22. The van der Waals surface area contributed by atoms with Crippen LogP contribution in [0.4, 0.5) is 10.1 Å². The first kappa shape index (κ1) is 9.43. The molecule has 3 nitrogen and oxygen atoms in total. The van der Waals surface area contributed by atoms with E-state index in [2.05, 4.69) is 0 Å². The molecule has 1 aromatic rings. The monoisotopic (exact) mass is 214 g/mol. The number of hydrogen-bond acceptors (Lipinski definition) is 2. The number of amides is 1. The van der Waals surface area contributed by atoms with E-state index in [-0.39, 0.29) is 10.9 Å². The van der Waals surface area contributed by atoms with Gasteiger partial charge in [0.25, 0.3) is 0 Å². The van der Waals surface area contributed by atoms with E-state index in [0.29, 0.717) is 12.2 Å². The van der Waals surface area contributed by atoms with Gasteiger partial charge in [-0.05, 0) is 18.2 Å².